The topological polar surface area (TPSA) is 29.3 Å². The van der Waals surface area contributed by atoms with Gasteiger partial charge in [0.05, 0.1) is 0 Å². The lowest BCUT2D eigenvalue weighted by atomic mass is 10.3. The second-order valence-corrected chi connectivity index (χ2v) is 4.65. The van der Waals surface area contributed by atoms with Gasteiger partial charge in [0, 0.05) is 35.3 Å². The van der Waals surface area contributed by atoms with Crippen molar-refractivity contribution in [2.24, 2.45) is 0 Å². The predicted octanol–water partition coefficient (Wildman–Crippen LogP) is 3.15. The van der Waals surface area contributed by atoms with E-state index in [1.807, 2.05) is 31.3 Å². The Balaban J connectivity index is 2.81. The molecule has 0 unspecified atom stereocenters. The number of anilines is 1. The van der Waals surface area contributed by atoms with E-state index in [-0.39, 0.29) is 0 Å². The van der Waals surface area contributed by atoms with Gasteiger partial charge in [-0.1, -0.05) is 0 Å². The summed E-state index contributed by atoms with van der Waals surface area (Å²) < 4.78 is 6.44. The van der Waals surface area contributed by atoms with Crippen LogP contribution >= 0.6 is 34.2 Å². The standard InChI is InChI=1S/C9H8ClIN2O/c1-13(2)9-8-5(3-7(10)14-8)6(11)4-12-9/h3-4H,1-2H3. The third-order valence-electron chi connectivity index (χ3n) is 1.89. The van der Waals surface area contributed by atoms with Crippen LogP contribution in [0.2, 0.25) is 5.22 Å². The highest BCUT2D eigenvalue weighted by Gasteiger charge is 2.12. The molecule has 2 heterocycles. The number of halogens is 2. The molecule has 0 N–H and O–H groups in total. The van der Waals surface area contributed by atoms with Crippen LogP contribution in [0.15, 0.2) is 16.7 Å². The number of hydrogen-bond acceptors (Lipinski definition) is 3. The fourth-order valence-corrected chi connectivity index (χ4v) is 2.00. The van der Waals surface area contributed by atoms with Gasteiger partial charge in [-0.2, -0.15) is 0 Å². The molecule has 0 bridgehead atoms. The first kappa shape index (κ1) is 10.0. The molecule has 5 heteroatoms. The SMILES string of the molecule is CN(C)c1ncc(I)c2cc(Cl)oc12. The number of rotatable bonds is 1. The highest BCUT2D eigenvalue weighted by molar-refractivity contribution is 14.1. The Labute approximate surface area is 100 Å². The molecule has 0 atom stereocenters. The Bertz CT molecular complexity index is 481. The van der Waals surface area contributed by atoms with E-state index in [1.165, 1.54) is 0 Å². The molecule has 0 aliphatic heterocycles. The molecule has 2 aromatic rings. The van der Waals surface area contributed by atoms with E-state index < -0.39 is 0 Å². The Morgan fingerprint density at radius 2 is 2.21 bits per heavy atom. The van der Waals surface area contributed by atoms with Crippen LogP contribution in [0.4, 0.5) is 5.82 Å². The van der Waals surface area contributed by atoms with Gasteiger partial charge in [0.1, 0.15) is 0 Å². The average molecular weight is 323 g/mol. The first-order chi connectivity index (χ1) is 6.59. The van der Waals surface area contributed by atoms with Crippen molar-refractivity contribution in [2.45, 2.75) is 0 Å². The number of aromatic nitrogens is 1. The second-order valence-electron chi connectivity index (χ2n) is 3.12. The largest absolute Gasteiger partial charge is 0.441 e. The Kier molecular flexibility index (Phi) is 2.57. The summed E-state index contributed by atoms with van der Waals surface area (Å²) in [4.78, 5) is 6.19. The third-order valence-corrected chi connectivity index (χ3v) is 2.93. The van der Waals surface area contributed by atoms with Gasteiger partial charge in [0.15, 0.2) is 16.6 Å². The molecule has 2 rings (SSSR count). The van der Waals surface area contributed by atoms with Crippen molar-refractivity contribution < 1.29 is 4.42 Å². The zero-order valence-electron chi connectivity index (χ0n) is 7.71. The number of pyridine rings is 1. The van der Waals surface area contributed by atoms with Crippen LogP contribution in [0, 0.1) is 3.57 Å². The lowest BCUT2D eigenvalue weighted by Crippen LogP contribution is -2.10. The van der Waals surface area contributed by atoms with E-state index in [9.17, 15) is 0 Å². The van der Waals surface area contributed by atoms with Crippen molar-refractivity contribution in [3.63, 3.8) is 0 Å². The van der Waals surface area contributed by atoms with Crippen LogP contribution in [-0.2, 0) is 0 Å². The van der Waals surface area contributed by atoms with E-state index >= 15 is 0 Å². The van der Waals surface area contributed by atoms with Gasteiger partial charge in [0.2, 0.25) is 0 Å². The lowest BCUT2D eigenvalue weighted by Gasteiger charge is -2.10. The molecule has 74 valence electrons. The van der Waals surface area contributed by atoms with Crippen molar-refractivity contribution in [2.75, 3.05) is 19.0 Å². The minimum absolute atomic E-state index is 0.397. The zero-order chi connectivity index (χ0) is 10.3. The maximum atomic E-state index is 5.82. The van der Waals surface area contributed by atoms with Gasteiger partial charge in [-0.3, -0.25) is 0 Å². The van der Waals surface area contributed by atoms with Gasteiger partial charge in [0.25, 0.3) is 0 Å². The summed E-state index contributed by atoms with van der Waals surface area (Å²) in [7, 11) is 3.84. The highest BCUT2D eigenvalue weighted by Crippen LogP contribution is 2.31. The molecule has 0 amide bonds. The van der Waals surface area contributed by atoms with Crippen molar-refractivity contribution in [1.82, 2.24) is 4.98 Å². The van der Waals surface area contributed by atoms with Crippen LogP contribution in [-0.4, -0.2) is 19.1 Å². The number of hydrogen-bond donors (Lipinski definition) is 0. The molecule has 0 aliphatic carbocycles. The molecule has 0 aromatic carbocycles. The lowest BCUT2D eigenvalue weighted by molar-refractivity contribution is 0.616. The molecular weight excluding hydrogens is 314 g/mol. The molecule has 0 saturated heterocycles. The normalized spacial score (nSPS) is 10.9. The van der Waals surface area contributed by atoms with E-state index in [4.69, 9.17) is 16.0 Å². The number of fused-ring (bicyclic) bond motifs is 1. The summed E-state index contributed by atoms with van der Waals surface area (Å²) in [5.74, 6) is 0.798. The molecule has 0 radical (unpaired) electrons. The average Bonchev–Trinajstić information content (AvgIpc) is 2.47. The summed E-state index contributed by atoms with van der Waals surface area (Å²) in [6, 6.07) is 1.81. The fourth-order valence-electron chi connectivity index (χ4n) is 1.27. The molecule has 0 aliphatic rings. The van der Waals surface area contributed by atoms with Crippen molar-refractivity contribution in [3.05, 3.63) is 21.1 Å². The van der Waals surface area contributed by atoms with Gasteiger partial charge in [-0.25, -0.2) is 4.98 Å². The molecule has 0 saturated carbocycles. The zero-order valence-corrected chi connectivity index (χ0v) is 10.6. The first-order valence-electron chi connectivity index (χ1n) is 4.00. The Hall–Kier alpha value is -0.490. The van der Waals surface area contributed by atoms with Gasteiger partial charge < -0.3 is 9.32 Å². The number of furan rings is 1. The quantitative estimate of drug-likeness (QED) is 0.755. The van der Waals surface area contributed by atoms with E-state index in [1.54, 1.807) is 0 Å². The van der Waals surface area contributed by atoms with Crippen LogP contribution in [0.1, 0.15) is 0 Å². The molecule has 2 aromatic heterocycles. The first-order valence-corrected chi connectivity index (χ1v) is 5.46. The minimum Gasteiger partial charge on any atom is -0.441 e. The van der Waals surface area contributed by atoms with E-state index in [0.717, 1.165) is 20.4 Å². The molecule has 0 spiro atoms. The maximum Gasteiger partial charge on any atom is 0.194 e. The summed E-state index contributed by atoms with van der Waals surface area (Å²) in [6.45, 7) is 0. The van der Waals surface area contributed by atoms with Gasteiger partial charge >= 0.3 is 0 Å². The minimum atomic E-state index is 0.397. The van der Waals surface area contributed by atoms with E-state index in [0.29, 0.717) is 5.22 Å². The summed E-state index contributed by atoms with van der Waals surface area (Å²) in [5.41, 5.74) is 0.743. The molecule has 14 heavy (non-hydrogen) atoms. The number of nitrogens with zero attached hydrogens (tertiary/aromatic N) is 2. The van der Waals surface area contributed by atoms with E-state index in [2.05, 4.69) is 27.6 Å². The Morgan fingerprint density at radius 3 is 2.86 bits per heavy atom. The fraction of sp³-hybridized carbons (Fsp3) is 0.222. The maximum absolute atomic E-state index is 5.82. The monoisotopic (exact) mass is 322 g/mol. The van der Waals surface area contributed by atoms with Crippen LogP contribution < -0.4 is 4.90 Å². The Morgan fingerprint density at radius 1 is 1.50 bits per heavy atom. The second kappa shape index (κ2) is 3.58. The van der Waals surface area contributed by atoms with Crippen LogP contribution in [0.25, 0.3) is 11.0 Å². The smallest absolute Gasteiger partial charge is 0.194 e. The molecular formula is C9H8ClIN2O. The van der Waals surface area contributed by atoms with Gasteiger partial charge in [-0.15, -0.1) is 0 Å². The summed E-state index contributed by atoms with van der Waals surface area (Å²) in [6.07, 6.45) is 1.81. The predicted molar refractivity (Wildman–Crippen MR) is 66.1 cm³/mol. The molecule has 0 fully saturated rings. The van der Waals surface area contributed by atoms with Crippen molar-refractivity contribution in [3.8, 4) is 0 Å². The third kappa shape index (κ3) is 1.56. The highest BCUT2D eigenvalue weighted by atomic mass is 127. The van der Waals surface area contributed by atoms with Gasteiger partial charge in [-0.05, 0) is 34.2 Å². The summed E-state index contributed by atoms with van der Waals surface area (Å²) in [5, 5.41) is 1.41. The van der Waals surface area contributed by atoms with Crippen molar-refractivity contribution >= 4 is 51.0 Å². The van der Waals surface area contributed by atoms with Crippen LogP contribution in [0.5, 0.6) is 0 Å². The summed E-state index contributed by atoms with van der Waals surface area (Å²) >= 11 is 8.03. The van der Waals surface area contributed by atoms with Crippen LogP contribution in [0.3, 0.4) is 0 Å². The van der Waals surface area contributed by atoms with Crippen molar-refractivity contribution in [1.29, 1.82) is 0 Å². The molecule has 3 nitrogen and oxygen atoms in total.